The number of aromatic nitrogens is 2. The number of imidazole rings is 1. The predicted molar refractivity (Wildman–Crippen MR) is 72.8 cm³/mol. The Morgan fingerprint density at radius 2 is 2.06 bits per heavy atom. The molecule has 0 radical (unpaired) electrons. The van der Waals surface area contributed by atoms with Gasteiger partial charge in [-0.2, -0.15) is 0 Å². The molecule has 0 N–H and O–H groups in total. The number of aryl methyl sites for hydroxylation is 1. The van der Waals surface area contributed by atoms with Crippen molar-refractivity contribution in [1.82, 2.24) is 9.55 Å². The second-order valence-electron chi connectivity index (χ2n) is 4.84. The smallest absolute Gasteiger partial charge is 0.109 e. The van der Waals surface area contributed by atoms with E-state index >= 15 is 0 Å². The number of rotatable bonds is 1. The number of hydrogen-bond acceptors (Lipinski definition) is 1. The van der Waals surface area contributed by atoms with Gasteiger partial charge in [0.25, 0.3) is 0 Å². The molecule has 0 saturated heterocycles. The van der Waals surface area contributed by atoms with Gasteiger partial charge in [-0.25, -0.2) is 4.98 Å². The van der Waals surface area contributed by atoms with Crippen molar-refractivity contribution < 1.29 is 0 Å². The molecule has 2 aromatic rings. The quantitative estimate of drug-likeness (QED) is 0.779. The van der Waals surface area contributed by atoms with Gasteiger partial charge in [0.05, 0.1) is 5.69 Å². The maximum atomic E-state index is 4.75. The van der Waals surface area contributed by atoms with Crippen LogP contribution in [0.3, 0.4) is 0 Å². The van der Waals surface area contributed by atoms with Gasteiger partial charge in [0.1, 0.15) is 5.82 Å². The molecule has 3 rings (SSSR count). The van der Waals surface area contributed by atoms with E-state index in [0.717, 1.165) is 29.1 Å². The zero-order valence-electron chi connectivity index (χ0n) is 9.86. The van der Waals surface area contributed by atoms with Crippen LogP contribution < -0.4 is 0 Å². The Balaban J connectivity index is 1.97. The largest absolute Gasteiger partial charge is 0.334 e. The standard InChI is InChI=1S/C14H15BrN2/c1-10-6-7-17-9-13(16-14(17)8-10)11-2-4-12(15)5-3-11/h2-5,9-10H,6-8H2,1H3/t10-/m1/s1. The maximum Gasteiger partial charge on any atom is 0.109 e. The van der Waals surface area contributed by atoms with Crippen molar-refractivity contribution in [2.45, 2.75) is 26.3 Å². The molecule has 3 heteroatoms. The van der Waals surface area contributed by atoms with Crippen LogP contribution in [-0.4, -0.2) is 9.55 Å². The highest BCUT2D eigenvalue weighted by Gasteiger charge is 2.17. The lowest BCUT2D eigenvalue weighted by atomic mass is 10.0. The molecule has 0 saturated carbocycles. The van der Waals surface area contributed by atoms with Crippen molar-refractivity contribution in [2.24, 2.45) is 5.92 Å². The van der Waals surface area contributed by atoms with Crippen LogP contribution in [-0.2, 0) is 13.0 Å². The lowest BCUT2D eigenvalue weighted by molar-refractivity contribution is 0.409. The molecular formula is C14H15BrN2. The van der Waals surface area contributed by atoms with Crippen LogP contribution in [0.5, 0.6) is 0 Å². The molecule has 0 spiro atoms. The van der Waals surface area contributed by atoms with Crippen LogP contribution in [0.4, 0.5) is 0 Å². The van der Waals surface area contributed by atoms with Gasteiger partial charge in [-0.05, 0) is 24.5 Å². The Bertz CT molecular complexity index is 528. The zero-order chi connectivity index (χ0) is 11.8. The molecule has 17 heavy (non-hydrogen) atoms. The minimum atomic E-state index is 0.766. The first kappa shape index (κ1) is 11.0. The zero-order valence-corrected chi connectivity index (χ0v) is 11.4. The lowest BCUT2D eigenvalue weighted by Crippen LogP contribution is -2.16. The first-order valence-corrected chi connectivity index (χ1v) is 6.83. The number of hydrogen-bond donors (Lipinski definition) is 0. The normalized spacial score (nSPS) is 19.1. The molecule has 1 atom stereocenters. The summed E-state index contributed by atoms with van der Waals surface area (Å²) in [6.45, 7) is 3.41. The molecule has 1 aliphatic rings. The van der Waals surface area contributed by atoms with E-state index in [4.69, 9.17) is 4.98 Å². The lowest BCUT2D eigenvalue weighted by Gasteiger charge is -2.18. The van der Waals surface area contributed by atoms with E-state index in [9.17, 15) is 0 Å². The van der Waals surface area contributed by atoms with Crippen LogP contribution in [0.25, 0.3) is 11.3 Å². The first-order valence-electron chi connectivity index (χ1n) is 6.04. The number of nitrogens with zero attached hydrogens (tertiary/aromatic N) is 2. The van der Waals surface area contributed by atoms with Crippen molar-refractivity contribution in [1.29, 1.82) is 0 Å². The summed E-state index contributed by atoms with van der Waals surface area (Å²) in [5, 5.41) is 0. The predicted octanol–water partition coefficient (Wildman–Crippen LogP) is 3.89. The highest BCUT2D eigenvalue weighted by Crippen LogP contribution is 2.25. The maximum absolute atomic E-state index is 4.75. The van der Waals surface area contributed by atoms with E-state index in [-0.39, 0.29) is 0 Å². The molecule has 1 aromatic heterocycles. The summed E-state index contributed by atoms with van der Waals surface area (Å²) in [7, 11) is 0. The van der Waals surface area contributed by atoms with Gasteiger partial charge in [-0.1, -0.05) is 35.0 Å². The third-order valence-electron chi connectivity index (χ3n) is 3.39. The van der Waals surface area contributed by atoms with Crippen molar-refractivity contribution in [3.05, 3.63) is 40.8 Å². The van der Waals surface area contributed by atoms with E-state index in [2.05, 4.69) is 57.9 Å². The number of halogens is 1. The van der Waals surface area contributed by atoms with Crippen molar-refractivity contribution in [2.75, 3.05) is 0 Å². The fourth-order valence-electron chi connectivity index (χ4n) is 2.34. The van der Waals surface area contributed by atoms with E-state index in [1.807, 2.05) is 0 Å². The Morgan fingerprint density at radius 1 is 1.29 bits per heavy atom. The van der Waals surface area contributed by atoms with E-state index in [1.54, 1.807) is 0 Å². The molecule has 1 aliphatic heterocycles. The second-order valence-corrected chi connectivity index (χ2v) is 5.76. The van der Waals surface area contributed by atoms with Gasteiger partial charge < -0.3 is 4.57 Å². The molecular weight excluding hydrogens is 276 g/mol. The highest BCUT2D eigenvalue weighted by atomic mass is 79.9. The van der Waals surface area contributed by atoms with E-state index in [0.29, 0.717) is 0 Å². The minimum Gasteiger partial charge on any atom is -0.334 e. The van der Waals surface area contributed by atoms with Crippen molar-refractivity contribution >= 4 is 15.9 Å². The first-order chi connectivity index (χ1) is 8.22. The van der Waals surface area contributed by atoms with Crippen LogP contribution in [0.2, 0.25) is 0 Å². The summed E-state index contributed by atoms with van der Waals surface area (Å²) in [5.74, 6) is 2.00. The van der Waals surface area contributed by atoms with Gasteiger partial charge in [0, 0.05) is 29.2 Å². The summed E-state index contributed by atoms with van der Waals surface area (Å²) < 4.78 is 3.41. The van der Waals surface area contributed by atoms with E-state index < -0.39 is 0 Å². The van der Waals surface area contributed by atoms with Crippen LogP contribution in [0.1, 0.15) is 19.2 Å². The minimum absolute atomic E-state index is 0.766. The van der Waals surface area contributed by atoms with Gasteiger partial charge in [0.15, 0.2) is 0 Å². The van der Waals surface area contributed by atoms with E-state index in [1.165, 1.54) is 17.8 Å². The van der Waals surface area contributed by atoms with Gasteiger partial charge in [0.2, 0.25) is 0 Å². The number of fused-ring (bicyclic) bond motifs is 1. The molecule has 0 amide bonds. The topological polar surface area (TPSA) is 17.8 Å². The van der Waals surface area contributed by atoms with Crippen LogP contribution in [0, 0.1) is 5.92 Å². The Morgan fingerprint density at radius 3 is 2.82 bits per heavy atom. The Kier molecular flexibility index (Phi) is 2.79. The SMILES string of the molecule is C[C@@H]1CCn2cc(-c3ccc(Br)cc3)nc2C1. The summed E-state index contributed by atoms with van der Waals surface area (Å²) in [4.78, 5) is 4.75. The summed E-state index contributed by atoms with van der Waals surface area (Å²) in [6.07, 6.45) is 4.56. The van der Waals surface area contributed by atoms with Crippen LogP contribution in [0.15, 0.2) is 34.9 Å². The molecule has 0 fully saturated rings. The van der Waals surface area contributed by atoms with Gasteiger partial charge in [-0.15, -0.1) is 0 Å². The molecule has 2 nitrogen and oxygen atoms in total. The van der Waals surface area contributed by atoms with Gasteiger partial charge in [-0.3, -0.25) is 0 Å². The third-order valence-corrected chi connectivity index (χ3v) is 3.92. The molecule has 1 aromatic carbocycles. The van der Waals surface area contributed by atoms with Crippen LogP contribution >= 0.6 is 15.9 Å². The highest BCUT2D eigenvalue weighted by molar-refractivity contribution is 9.10. The monoisotopic (exact) mass is 290 g/mol. The molecule has 0 unspecified atom stereocenters. The second kappa shape index (κ2) is 4.30. The molecule has 2 heterocycles. The number of benzene rings is 1. The van der Waals surface area contributed by atoms with Crippen molar-refractivity contribution in [3.8, 4) is 11.3 Å². The third kappa shape index (κ3) is 2.16. The fraction of sp³-hybridized carbons (Fsp3) is 0.357. The average molecular weight is 291 g/mol. The Hall–Kier alpha value is -1.09. The molecule has 0 bridgehead atoms. The van der Waals surface area contributed by atoms with Gasteiger partial charge >= 0.3 is 0 Å². The van der Waals surface area contributed by atoms with Crippen molar-refractivity contribution in [3.63, 3.8) is 0 Å². The summed E-state index contributed by atoms with van der Waals surface area (Å²) >= 11 is 3.46. The Labute approximate surface area is 110 Å². The molecule has 88 valence electrons. The molecule has 0 aliphatic carbocycles. The summed E-state index contributed by atoms with van der Waals surface area (Å²) in [5.41, 5.74) is 2.30. The summed E-state index contributed by atoms with van der Waals surface area (Å²) in [6, 6.07) is 8.36. The average Bonchev–Trinajstić information content (AvgIpc) is 2.72. The fourth-order valence-corrected chi connectivity index (χ4v) is 2.61.